The summed E-state index contributed by atoms with van der Waals surface area (Å²) in [5.74, 6) is -1.53. The number of amides is 1. The minimum atomic E-state index is -1.06. The smallest absolute Gasteiger partial charge is 0.326 e. The number of carboxylic acid groups (broad SMARTS) is 1. The number of carbonyl (C=O) groups excluding carboxylic acids is 1. The molecule has 0 saturated heterocycles. The molecule has 0 unspecified atom stereocenters. The third-order valence-corrected chi connectivity index (χ3v) is 2.13. The van der Waals surface area contributed by atoms with Gasteiger partial charge in [-0.05, 0) is 11.5 Å². The Morgan fingerprint density at radius 3 is 2.50 bits per heavy atom. The maximum Gasteiger partial charge on any atom is 0.326 e. The van der Waals surface area contributed by atoms with E-state index in [1.165, 1.54) is 12.3 Å². The lowest BCUT2D eigenvalue weighted by Crippen LogP contribution is -2.49. The van der Waals surface area contributed by atoms with Gasteiger partial charge >= 0.3 is 5.97 Å². The Hall–Kier alpha value is -1.85. The molecular weight excluding hydrogens is 210 g/mol. The fraction of sp³-hybridized carbons (Fsp3) is 0.500. The van der Waals surface area contributed by atoms with Crippen molar-refractivity contribution in [3.8, 4) is 0 Å². The van der Waals surface area contributed by atoms with Crippen molar-refractivity contribution in [3.63, 3.8) is 0 Å². The topological polar surface area (TPSA) is 95.1 Å². The third-order valence-electron chi connectivity index (χ3n) is 2.13. The van der Waals surface area contributed by atoms with Crippen molar-refractivity contribution in [2.45, 2.75) is 26.8 Å². The van der Waals surface area contributed by atoms with E-state index in [0.29, 0.717) is 0 Å². The molecule has 0 bridgehead atoms. The number of aromatic nitrogens is 2. The van der Waals surface area contributed by atoms with Crippen LogP contribution < -0.4 is 5.32 Å². The van der Waals surface area contributed by atoms with Gasteiger partial charge in [0.1, 0.15) is 11.7 Å². The van der Waals surface area contributed by atoms with Gasteiger partial charge in [0, 0.05) is 6.20 Å². The van der Waals surface area contributed by atoms with E-state index >= 15 is 0 Å². The van der Waals surface area contributed by atoms with E-state index in [9.17, 15) is 9.59 Å². The monoisotopic (exact) mass is 225 g/mol. The zero-order valence-corrected chi connectivity index (χ0v) is 9.44. The molecule has 0 aliphatic heterocycles. The number of hydrogen-bond donors (Lipinski definition) is 3. The molecule has 1 aromatic heterocycles. The molecule has 0 aromatic carbocycles. The van der Waals surface area contributed by atoms with Gasteiger partial charge in [0.05, 0.1) is 0 Å². The zero-order valence-electron chi connectivity index (χ0n) is 9.44. The van der Waals surface area contributed by atoms with Gasteiger partial charge in [0.15, 0.2) is 0 Å². The van der Waals surface area contributed by atoms with E-state index in [1.54, 1.807) is 20.8 Å². The van der Waals surface area contributed by atoms with Gasteiger partial charge in [-0.2, -0.15) is 5.10 Å². The zero-order chi connectivity index (χ0) is 12.3. The highest BCUT2D eigenvalue weighted by atomic mass is 16.4. The van der Waals surface area contributed by atoms with Crippen LogP contribution in [0.4, 0.5) is 0 Å². The first-order valence-electron chi connectivity index (χ1n) is 4.85. The number of rotatable bonds is 3. The average molecular weight is 225 g/mol. The molecule has 0 radical (unpaired) electrons. The largest absolute Gasteiger partial charge is 0.480 e. The summed E-state index contributed by atoms with van der Waals surface area (Å²) in [7, 11) is 0. The van der Waals surface area contributed by atoms with E-state index in [-0.39, 0.29) is 5.69 Å². The predicted octanol–water partition coefficient (Wildman–Crippen LogP) is 0.639. The van der Waals surface area contributed by atoms with Crippen molar-refractivity contribution in [2.75, 3.05) is 0 Å². The number of carboxylic acids is 1. The number of hydrogen-bond acceptors (Lipinski definition) is 3. The second-order valence-electron chi connectivity index (χ2n) is 4.58. The lowest BCUT2D eigenvalue weighted by atomic mass is 9.86. The Morgan fingerprint density at radius 1 is 1.50 bits per heavy atom. The predicted molar refractivity (Wildman–Crippen MR) is 56.9 cm³/mol. The Bertz CT molecular complexity index is 379. The first-order valence-corrected chi connectivity index (χ1v) is 4.85. The SMILES string of the molecule is CC(C)(C)[C@H](NC(=O)c1ccn[nH]1)C(=O)O. The number of nitrogens with one attached hydrogen (secondary N) is 2. The normalized spacial score (nSPS) is 13.2. The first-order chi connectivity index (χ1) is 7.32. The fourth-order valence-electron chi connectivity index (χ4n) is 1.24. The number of H-pyrrole nitrogens is 1. The van der Waals surface area contributed by atoms with Crippen LogP contribution in [0.15, 0.2) is 12.3 Å². The van der Waals surface area contributed by atoms with Gasteiger partial charge in [-0.1, -0.05) is 20.8 Å². The lowest BCUT2D eigenvalue weighted by Gasteiger charge is -2.27. The minimum Gasteiger partial charge on any atom is -0.480 e. The van der Waals surface area contributed by atoms with Crippen LogP contribution in [0, 0.1) is 5.41 Å². The van der Waals surface area contributed by atoms with E-state index in [0.717, 1.165) is 0 Å². The fourth-order valence-corrected chi connectivity index (χ4v) is 1.24. The van der Waals surface area contributed by atoms with E-state index in [1.807, 2.05) is 0 Å². The maximum absolute atomic E-state index is 11.6. The highest BCUT2D eigenvalue weighted by Crippen LogP contribution is 2.19. The molecule has 1 aromatic rings. The first kappa shape index (κ1) is 12.2. The molecule has 16 heavy (non-hydrogen) atoms. The minimum absolute atomic E-state index is 0.246. The summed E-state index contributed by atoms with van der Waals surface area (Å²) in [5, 5.41) is 17.6. The summed E-state index contributed by atoms with van der Waals surface area (Å²) >= 11 is 0. The van der Waals surface area contributed by atoms with Crippen LogP contribution in [0.5, 0.6) is 0 Å². The third kappa shape index (κ3) is 2.82. The molecule has 1 amide bonds. The van der Waals surface area contributed by atoms with Crippen LogP contribution in [0.2, 0.25) is 0 Å². The molecule has 0 fully saturated rings. The van der Waals surface area contributed by atoms with Crippen LogP contribution in [-0.2, 0) is 4.79 Å². The molecule has 3 N–H and O–H groups in total. The standard InChI is InChI=1S/C10H15N3O3/c1-10(2,3)7(9(15)16)12-8(14)6-4-5-11-13-6/h4-5,7H,1-3H3,(H,11,13)(H,12,14)(H,15,16)/t7-/m1/s1. The van der Waals surface area contributed by atoms with Gasteiger partial charge in [-0.15, -0.1) is 0 Å². The highest BCUT2D eigenvalue weighted by Gasteiger charge is 2.32. The molecule has 88 valence electrons. The summed E-state index contributed by atoms with van der Waals surface area (Å²) in [6, 6.07) is 0.542. The van der Waals surface area contributed by atoms with Crippen molar-refractivity contribution in [1.29, 1.82) is 0 Å². The van der Waals surface area contributed by atoms with Crippen LogP contribution >= 0.6 is 0 Å². The van der Waals surface area contributed by atoms with E-state index in [2.05, 4.69) is 15.5 Å². The summed E-state index contributed by atoms with van der Waals surface area (Å²) < 4.78 is 0. The van der Waals surface area contributed by atoms with Crippen molar-refractivity contribution in [3.05, 3.63) is 18.0 Å². The lowest BCUT2D eigenvalue weighted by molar-refractivity contribution is -0.142. The molecule has 1 heterocycles. The van der Waals surface area contributed by atoms with Gasteiger partial charge in [-0.25, -0.2) is 4.79 Å². The Balaban J connectivity index is 2.78. The van der Waals surface area contributed by atoms with E-state index < -0.39 is 23.3 Å². The summed E-state index contributed by atoms with van der Waals surface area (Å²) in [4.78, 5) is 22.6. The summed E-state index contributed by atoms with van der Waals surface area (Å²) in [6.45, 7) is 5.25. The van der Waals surface area contributed by atoms with Gasteiger partial charge in [0.25, 0.3) is 5.91 Å². The second-order valence-corrected chi connectivity index (χ2v) is 4.58. The van der Waals surface area contributed by atoms with E-state index in [4.69, 9.17) is 5.11 Å². The van der Waals surface area contributed by atoms with Gasteiger partial charge < -0.3 is 10.4 Å². The molecule has 1 rings (SSSR count). The van der Waals surface area contributed by atoms with Gasteiger partial charge in [0.2, 0.25) is 0 Å². The van der Waals surface area contributed by atoms with Crippen molar-refractivity contribution >= 4 is 11.9 Å². The number of carbonyl (C=O) groups is 2. The maximum atomic E-state index is 11.6. The molecule has 0 spiro atoms. The molecule has 0 aliphatic rings. The Morgan fingerprint density at radius 2 is 2.12 bits per heavy atom. The number of aliphatic carboxylic acids is 1. The second kappa shape index (κ2) is 4.34. The molecule has 0 saturated carbocycles. The number of aromatic amines is 1. The average Bonchev–Trinajstić information content (AvgIpc) is 2.63. The molecule has 1 atom stereocenters. The molecule has 0 aliphatic carbocycles. The van der Waals surface area contributed by atoms with Crippen LogP contribution in [0.1, 0.15) is 31.3 Å². The van der Waals surface area contributed by atoms with Crippen LogP contribution in [0.3, 0.4) is 0 Å². The van der Waals surface area contributed by atoms with Crippen molar-refractivity contribution < 1.29 is 14.7 Å². The Labute approximate surface area is 93.1 Å². The van der Waals surface area contributed by atoms with Crippen molar-refractivity contribution in [2.24, 2.45) is 5.41 Å². The molecular formula is C10H15N3O3. The Kier molecular flexibility index (Phi) is 3.31. The molecule has 6 nitrogen and oxygen atoms in total. The van der Waals surface area contributed by atoms with Crippen LogP contribution in [-0.4, -0.2) is 33.2 Å². The molecule has 6 heteroatoms. The summed E-state index contributed by atoms with van der Waals surface area (Å²) in [5.41, 5.74) is -0.308. The van der Waals surface area contributed by atoms with Crippen molar-refractivity contribution in [1.82, 2.24) is 15.5 Å². The van der Waals surface area contributed by atoms with Crippen LogP contribution in [0.25, 0.3) is 0 Å². The quantitative estimate of drug-likeness (QED) is 0.703. The summed E-state index contributed by atoms with van der Waals surface area (Å²) in [6.07, 6.45) is 1.43. The van der Waals surface area contributed by atoms with Gasteiger partial charge in [-0.3, -0.25) is 9.89 Å². The number of nitrogens with zero attached hydrogens (tertiary/aromatic N) is 1. The highest BCUT2D eigenvalue weighted by molar-refractivity contribution is 5.95.